The van der Waals surface area contributed by atoms with Gasteiger partial charge in [-0.05, 0) is 37.8 Å². The monoisotopic (exact) mass is 382 g/mol. The van der Waals surface area contributed by atoms with Gasteiger partial charge in [-0.25, -0.2) is 4.99 Å². The molecule has 2 aliphatic rings. The molecule has 11 nitrogen and oxygen atoms in total. The zero-order valence-electron chi connectivity index (χ0n) is 13.7. The molecule has 0 atom stereocenters. The first kappa shape index (κ1) is 18.1. The fourth-order valence-corrected chi connectivity index (χ4v) is 3.97. The first-order chi connectivity index (χ1) is 12.1. The minimum absolute atomic E-state index is 0.00198. The average molecular weight is 382 g/mol. The standard InChI is InChI=1S/C14H18N6O5S/c15-12-17-13(16)19(14(18-12)6-2-1-3-7-14)10-5-4-9(26(23,24)25)8-11(10)20(21)22/h4-5,8H,1-3,6-7H2,(H,23,24,25)(H4,15,16,17,18). The van der Waals surface area contributed by atoms with E-state index in [1.54, 1.807) is 0 Å². The number of nitro groups is 1. The van der Waals surface area contributed by atoms with Crippen molar-refractivity contribution in [2.45, 2.75) is 42.7 Å². The summed E-state index contributed by atoms with van der Waals surface area (Å²) in [6.45, 7) is 0. The molecule has 1 aliphatic heterocycles. The largest absolute Gasteiger partial charge is 0.369 e. The predicted molar refractivity (Wildman–Crippen MR) is 94.5 cm³/mol. The fraction of sp³-hybridized carbons (Fsp3) is 0.429. The molecule has 5 N–H and O–H groups in total. The maximum atomic E-state index is 11.5. The Labute approximate surface area is 149 Å². The van der Waals surface area contributed by atoms with E-state index in [2.05, 4.69) is 9.98 Å². The van der Waals surface area contributed by atoms with E-state index in [-0.39, 0.29) is 17.6 Å². The van der Waals surface area contributed by atoms with Gasteiger partial charge in [0.15, 0.2) is 0 Å². The van der Waals surface area contributed by atoms with Gasteiger partial charge in [0.1, 0.15) is 16.2 Å². The van der Waals surface area contributed by atoms with Gasteiger partial charge >= 0.3 is 0 Å². The minimum atomic E-state index is -4.59. The molecule has 1 heterocycles. The highest BCUT2D eigenvalue weighted by Gasteiger charge is 2.44. The number of nitrogens with zero attached hydrogens (tertiary/aromatic N) is 4. The maximum Gasteiger partial charge on any atom is 0.294 e. The lowest BCUT2D eigenvalue weighted by Gasteiger charge is -2.45. The number of benzene rings is 1. The van der Waals surface area contributed by atoms with Gasteiger partial charge in [-0.1, -0.05) is 6.42 Å². The summed E-state index contributed by atoms with van der Waals surface area (Å²) in [5, 5.41) is 11.5. The number of hydrogen-bond donors (Lipinski definition) is 3. The van der Waals surface area contributed by atoms with E-state index in [0.29, 0.717) is 12.8 Å². The number of nitrogens with two attached hydrogens (primary N) is 2. The van der Waals surface area contributed by atoms with Crippen molar-refractivity contribution in [2.75, 3.05) is 4.90 Å². The molecule has 1 spiro atoms. The summed E-state index contributed by atoms with van der Waals surface area (Å²) in [5.41, 5.74) is 10.4. The van der Waals surface area contributed by atoms with Gasteiger partial charge in [0, 0.05) is 6.07 Å². The first-order valence-corrected chi connectivity index (χ1v) is 9.34. The van der Waals surface area contributed by atoms with Crippen LogP contribution >= 0.6 is 0 Å². The van der Waals surface area contributed by atoms with Crippen molar-refractivity contribution in [3.05, 3.63) is 28.3 Å². The maximum absolute atomic E-state index is 11.5. The summed E-state index contributed by atoms with van der Waals surface area (Å²) in [5.74, 6) is -0.0556. The van der Waals surface area contributed by atoms with Gasteiger partial charge in [0.2, 0.25) is 11.9 Å². The molecule has 1 aromatic rings. The van der Waals surface area contributed by atoms with Crippen molar-refractivity contribution in [1.82, 2.24) is 0 Å². The van der Waals surface area contributed by atoms with E-state index in [0.717, 1.165) is 31.4 Å². The summed E-state index contributed by atoms with van der Waals surface area (Å²) in [6, 6.07) is 3.08. The molecule has 1 saturated carbocycles. The quantitative estimate of drug-likeness (QED) is 0.393. The summed E-state index contributed by atoms with van der Waals surface area (Å²) in [6.07, 6.45) is 3.79. The number of anilines is 1. The van der Waals surface area contributed by atoms with Crippen LogP contribution in [0.3, 0.4) is 0 Å². The van der Waals surface area contributed by atoms with Crippen molar-refractivity contribution >= 4 is 33.4 Å². The first-order valence-electron chi connectivity index (χ1n) is 7.90. The minimum Gasteiger partial charge on any atom is -0.369 e. The zero-order valence-corrected chi connectivity index (χ0v) is 14.5. The second-order valence-corrected chi connectivity index (χ2v) is 7.62. The van der Waals surface area contributed by atoms with Crippen LogP contribution in [0.15, 0.2) is 33.1 Å². The lowest BCUT2D eigenvalue weighted by Crippen LogP contribution is -2.58. The van der Waals surface area contributed by atoms with Crippen molar-refractivity contribution in [3.8, 4) is 0 Å². The number of nitro benzene ring substituents is 1. The molecule has 0 saturated heterocycles. The second-order valence-electron chi connectivity index (χ2n) is 6.20. The van der Waals surface area contributed by atoms with Crippen LogP contribution in [0.1, 0.15) is 32.1 Å². The van der Waals surface area contributed by atoms with Gasteiger partial charge in [-0.3, -0.25) is 19.6 Å². The Morgan fingerprint density at radius 3 is 2.46 bits per heavy atom. The Kier molecular flexibility index (Phi) is 4.32. The lowest BCUT2D eigenvalue weighted by atomic mass is 9.87. The molecule has 140 valence electrons. The van der Waals surface area contributed by atoms with Gasteiger partial charge in [0.05, 0.1) is 4.92 Å². The molecular weight excluding hydrogens is 364 g/mol. The van der Waals surface area contributed by atoms with E-state index in [4.69, 9.17) is 11.5 Å². The molecule has 1 aromatic carbocycles. The highest BCUT2D eigenvalue weighted by atomic mass is 32.2. The van der Waals surface area contributed by atoms with Crippen LogP contribution < -0.4 is 16.4 Å². The molecular formula is C14H18N6O5S. The third-order valence-electron chi connectivity index (χ3n) is 4.53. The average Bonchev–Trinajstić information content (AvgIpc) is 2.53. The Hall–Kier alpha value is -2.73. The van der Waals surface area contributed by atoms with Crippen LogP contribution in [0.25, 0.3) is 0 Å². The summed E-state index contributed by atoms with van der Waals surface area (Å²) in [4.78, 5) is 20.0. The van der Waals surface area contributed by atoms with E-state index >= 15 is 0 Å². The van der Waals surface area contributed by atoms with Gasteiger partial charge in [-0.15, -0.1) is 0 Å². The van der Waals surface area contributed by atoms with Gasteiger partial charge in [0.25, 0.3) is 15.8 Å². The van der Waals surface area contributed by atoms with Crippen LogP contribution in [0.5, 0.6) is 0 Å². The molecule has 0 bridgehead atoms. The highest BCUT2D eigenvalue weighted by molar-refractivity contribution is 7.85. The topological polar surface area (TPSA) is 178 Å². The van der Waals surface area contributed by atoms with E-state index in [1.807, 2.05) is 0 Å². The molecule has 12 heteroatoms. The number of rotatable bonds is 3. The molecule has 26 heavy (non-hydrogen) atoms. The lowest BCUT2D eigenvalue weighted by molar-refractivity contribution is -0.384. The molecule has 3 rings (SSSR count). The SMILES string of the molecule is NC1=NC2(CCCCC2)N(c2ccc(S(=O)(=O)O)cc2[N+](=O)[O-])C(N)=N1. The predicted octanol–water partition coefficient (Wildman–Crippen LogP) is 0.951. The van der Waals surface area contributed by atoms with Crippen molar-refractivity contribution in [2.24, 2.45) is 21.5 Å². The molecule has 0 unspecified atom stereocenters. The van der Waals surface area contributed by atoms with Crippen LogP contribution in [0, 0.1) is 10.1 Å². The van der Waals surface area contributed by atoms with Crippen molar-refractivity contribution in [1.29, 1.82) is 0 Å². The summed E-state index contributed by atoms with van der Waals surface area (Å²) in [7, 11) is -4.59. The van der Waals surface area contributed by atoms with Crippen molar-refractivity contribution in [3.63, 3.8) is 0 Å². The Bertz CT molecular complexity index is 920. The molecule has 1 fully saturated rings. The third-order valence-corrected chi connectivity index (χ3v) is 5.38. The normalized spacial score (nSPS) is 19.8. The fourth-order valence-electron chi connectivity index (χ4n) is 3.47. The molecule has 1 aliphatic carbocycles. The molecule has 0 aromatic heterocycles. The second kappa shape index (κ2) is 6.21. The Morgan fingerprint density at radius 2 is 1.88 bits per heavy atom. The Balaban J connectivity index is 2.20. The smallest absolute Gasteiger partial charge is 0.294 e. The van der Waals surface area contributed by atoms with Crippen molar-refractivity contribution < 1.29 is 17.9 Å². The number of guanidine groups is 2. The van der Waals surface area contributed by atoms with Crippen LogP contribution in [-0.2, 0) is 10.1 Å². The zero-order chi connectivity index (χ0) is 19.1. The molecule has 0 amide bonds. The van der Waals surface area contributed by atoms with Gasteiger partial charge in [-0.2, -0.15) is 13.4 Å². The Morgan fingerprint density at radius 1 is 1.23 bits per heavy atom. The number of aliphatic imine (C=N–C) groups is 2. The number of hydrogen-bond acceptors (Lipinski definition) is 9. The van der Waals surface area contributed by atoms with E-state index < -0.39 is 31.3 Å². The summed E-state index contributed by atoms with van der Waals surface area (Å²) >= 11 is 0. The third kappa shape index (κ3) is 3.08. The van der Waals surface area contributed by atoms with Crippen LogP contribution in [-0.4, -0.2) is 35.5 Å². The van der Waals surface area contributed by atoms with E-state index in [9.17, 15) is 23.1 Å². The summed E-state index contributed by atoms with van der Waals surface area (Å²) < 4.78 is 31.8. The highest BCUT2D eigenvalue weighted by Crippen LogP contribution is 2.42. The molecule has 0 radical (unpaired) electrons. The van der Waals surface area contributed by atoms with Gasteiger partial charge < -0.3 is 11.5 Å². The van der Waals surface area contributed by atoms with E-state index in [1.165, 1.54) is 11.0 Å². The van der Waals surface area contributed by atoms with Crippen LogP contribution in [0.4, 0.5) is 11.4 Å². The van der Waals surface area contributed by atoms with Crippen LogP contribution in [0.2, 0.25) is 0 Å².